The smallest absolute Gasteiger partial charge is 0.139 e. The predicted octanol–water partition coefficient (Wildman–Crippen LogP) is 2.52. The zero-order valence-corrected chi connectivity index (χ0v) is 13.0. The maximum atomic E-state index is 3.41. The number of fused-ring (bicyclic) bond motifs is 2. The van der Waals surface area contributed by atoms with Gasteiger partial charge in [0.05, 0.1) is 12.6 Å². The number of rotatable bonds is 1. The van der Waals surface area contributed by atoms with E-state index in [1.165, 1.54) is 25.8 Å². The molecule has 20 heavy (non-hydrogen) atoms. The number of quaternary nitrogens is 1. The van der Waals surface area contributed by atoms with Crippen molar-refractivity contribution in [1.29, 1.82) is 0 Å². The fourth-order valence-corrected chi connectivity index (χ4v) is 4.74. The van der Waals surface area contributed by atoms with Crippen LogP contribution in [0.4, 0.5) is 0 Å². The van der Waals surface area contributed by atoms with Crippen molar-refractivity contribution in [2.75, 3.05) is 13.1 Å². The van der Waals surface area contributed by atoms with Crippen LogP contribution in [0.3, 0.4) is 0 Å². The Morgan fingerprint density at radius 2 is 1.90 bits per heavy atom. The Labute approximate surface area is 123 Å². The molecule has 3 atom stereocenters. The van der Waals surface area contributed by atoms with Gasteiger partial charge in [-0.05, 0) is 29.9 Å². The molecule has 0 spiro atoms. The van der Waals surface area contributed by atoms with Gasteiger partial charge in [0.1, 0.15) is 6.54 Å². The first-order valence-corrected chi connectivity index (χ1v) is 7.84. The third kappa shape index (κ3) is 2.91. The van der Waals surface area contributed by atoms with Crippen LogP contribution in [0.25, 0.3) is 0 Å². The van der Waals surface area contributed by atoms with Crippen LogP contribution in [0.5, 0.6) is 0 Å². The molecule has 1 aliphatic carbocycles. The van der Waals surface area contributed by atoms with Gasteiger partial charge < -0.3 is 4.90 Å². The Kier molecular flexibility index (Phi) is 3.38. The molecule has 1 saturated heterocycles. The Bertz CT molecular complexity index is 534. The zero-order valence-electron chi connectivity index (χ0n) is 13.0. The van der Waals surface area contributed by atoms with Crippen LogP contribution >= 0.6 is 0 Å². The fraction of sp³-hybridized carbons (Fsp3) is 0.579. The molecule has 0 aromatic heterocycles. The van der Waals surface area contributed by atoms with Crippen LogP contribution in [0, 0.1) is 22.7 Å². The van der Waals surface area contributed by atoms with Crippen molar-refractivity contribution in [2.45, 2.75) is 46.1 Å². The molecule has 0 radical (unpaired) electrons. The Hall–Kier alpha value is -1.26. The second-order valence-electron chi connectivity index (χ2n) is 7.94. The standard InChI is InChI=1S/C19H25N/c1-18(2)12-17-13-19(3,14-18)15-20(17)11-7-10-16-8-5-4-6-9-16/h4-6,8-9,17H,11-15H2,1-3H3/p+1/t17-,19-/m0/s1. The molecule has 3 rings (SSSR count). The van der Waals surface area contributed by atoms with E-state index in [9.17, 15) is 0 Å². The van der Waals surface area contributed by atoms with Crippen LogP contribution in [0.15, 0.2) is 30.3 Å². The quantitative estimate of drug-likeness (QED) is 0.747. The van der Waals surface area contributed by atoms with Crippen molar-refractivity contribution in [3.8, 4) is 11.8 Å². The minimum absolute atomic E-state index is 0.520. The molecule has 1 N–H and O–H groups in total. The summed E-state index contributed by atoms with van der Waals surface area (Å²) in [5.41, 5.74) is 2.21. The monoisotopic (exact) mass is 268 g/mol. The summed E-state index contributed by atoms with van der Waals surface area (Å²) >= 11 is 0. The maximum absolute atomic E-state index is 3.41. The number of benzene rings is 1. The summed E-state index contributed by atoms with van der Waals surface area (Å²) in [5.74, 6) is 6.73. The average molecular weight is 268 g/mol. The third-order valence-corrected chi connectivity index (χ3v) is 5.00. The van der Waals surface area contributed by atoms with Gasteiger partial charge in [0.25, 0.3) is 0 Å². The molecule has 1 saturated carbocycles. The van der Waals surface area contributed by atoms with E-state index in [1.54, 1.807) is 4.90 Å². The highest BCUT2D eigenvalue weighted by Gasteiger charge is 2.52. The van der Waals surface area contributed by atoms with E-state index < -0.39 is 0 Å². The van der Waals surface area contributed by atoms with Crippen LogP contribution in [0.1, 0.15) is 45.6 Å². The van der Waals surface area contributed by atoms with Gasteiger partial charge in [-0.25, -0.2) is 0 Å². The largest absolute Gasteiger partial charge is 0.322 e. The van der Waals surface area contributed by atoms with Crippen LogP contribution in [0.2, 0.25) is 0 Å². The lowest BCUT2D eigenvalue weighted by Crippen LogP contribution is -3.13. The number of likely N-dealkylation sites (tertiary alicyclic amines) is 1. The van der Waals surface area contributed by atoms with Gasteiger partial charge in [-0.15, -0.1) is 0 Å². The highest BCUT2D eigenvalue weighted by molar-refractivity contribution is 5.33. The van der Waals surface area contributed by atoms with E-state index in [0.29, 0.717) is 10.8 Å². The highest BCUT2D eigenvalue weighted by atomic mass is 15.2. The first-order chi connectivity index (χ1) is 9.46. The summed E-state index contributed by atoms with van der Waals surface area (Å²) in [7, 11) is 0. The SMILES string of the molecule is CC1(C)C[C@H]2C[C@](C)(C[NH+]2CC#Cc2ccccc2)C1. The molecular weight excluding hydrogens is 242 g/mol. The fourth-order valence-electron chi connectivity index (χ4n) is 4.74. The Morgan fingerprint density at radius 1 is 1.15 bits per heavy atom. The van der Waals surface area contributed by atoms with Gasteiger partial charge in [0.2, 0.25) is 0 Å². The summed E-state index contributed by atoms with van der Waals surface area (Å²) in [6, 6.07) is 11.2. The zero-order chi connectivity index (χ0) is 14.2. The van der Waals surface area contributed by atoms with Crippen molar-refractivity contribution in [3.05, 3.63) is 35.9 Å². The van der Waals surface area contributed by atoms with E-state index in [-0.39, 0.29) is 0 Å². The second kappa shape index (κ2) is 4.93. The van der Waals surface area contributed by atoms with E-state index in [2.05, 4.69) is 56.9 Å². The Balaban J connectivity index is 1.67. The van der Waals surface area contributed by atoms with Crippen molar-refractivity contribution in [3.63, 3.8) is 0 Å². The van der Waals surface area contributed by atoms with Crippen molar-refractivity contribution < 1.29 is 4.90 Å². The summed E-state index contributed by atoms with van der Waals surface area (Å²) in [6.07, 6.45) is 4.15. The van der Waals surface area contributed by atoms with Gasteiger partial charge in [-0.2, -0.15) is 0 Å². The molecule has 1 unspecified atom stereocenters. The van der Waals surface area contributed by atoms with Gasteiger partial charge in [0, 0.05) is 23.8 Å². The number of hydrogen-bond acceptors (Lipinski definition) is 0. The molecular formula is C19H26N+. The molecule has 106 valence electrons. The Morgan fingerprint density at radius 3 is 2.65 bits per heavy atom. The number of nitrogens with one attached hydrogen (secondary N) is 1. The van der Waals surface area contributed by atoms with Crippen LogP contribution in [-0.4, -0.2) is 19.1 Å². The average Bonchev–Trinajstić information content (AvgIpc) is 2.60. The van der Waals surface area contributed by atoms with E-state index >= 15 is 0 Å². The van der Waals surface area contributed by atoms with Crippen molar-refractivity contribution >= 4 is 0 Å². The predicted molar refractivity (Wildman–Crippen MR) is 83.5 cm³/mol. The molecule has 1 heterocycles. The molecule has 2 bridgehead atoms. The first kappa shape index (κ1) is 13.7. The van der Waals surface area contributed by atoms with Crippen LogP contribution < -0.4 is 4.90 Å². The maximum Gasteiger partial charge on any atom is 0.139 e. The minimum atomic E-state index is 0.520. The minimum Gasteiger partial charge on any atom is -0.322 e. The summed E-state index contributed by atoms with van der Waals surface area (Å²) in [5, 5.41) is 0. The lowest BCUT2D eigenvalue weighted by atomic mass is 9.65. The molecule has 1 heteroatoms. The molecule has 1 aromatic rings. The van der Waals surface area contributed by atoms with Gasteiger partial charge >= 0.3 is 0 Å². The molecule has 1 nitrogen and oxygen atoms in total. The molecule has 2 fully saturated rings. The lowest BCUT2D eigenvalue weighted by Gasteiger charge is -2.37. The first-order valence-electron chi connectivity index (χ1n) is 7.84. The summed E-state index contributed by atoms with van der Waals surface area (Å²) in [4.78, 5) is 1.72. The van der Waals surface area contributed by atoms with Crippen molar-refractivity contribution in [1.82, 2.24) is 0 Å². The van der Waals surface area contributed by atoms with Crippen LogP contribution in [-0.2, 0) is 0 Å². The second-order valence-corrected chi connectivity index (χ2v) is 7.94. The summed E-state index contributed by atoms with van der Waals surface area (Å²) in [6.45, 7) is 9.68. The normalized spacial score (nSPS) is 34.4. The molecule has 0 amide bonds. The van der Waals surface area contributed by atoms with E-state index in [1.807, 2.05) is 6.07 Å². The highest BCUT2D eigenvalue weighted by Crippen LogP contribution is 2.47. The van der Waals surface area contributed by atoms with Gasteiger partial charge in [-0.1, -0.05) is 44.9 Å². The lowest BCUT2D eigenvalue weighted by molar-refractivity contribution is -0.907. The van der Waals surface area contributed by atoms with Gasteiger partial charge in [0.15, 0.2) is 0 Å². The van der Waals surface area contributed by atoms with Gasteiger partial charge in [-0.3, -0.25) is 0 Å². The topological polar surface area (TPSA) is 4.44 Å². The van der Waals surface area contributed by atoms with Crippen molar-refractivity contribution in [2.24, 2.45) is 10.8 Å². The van der Waals surface area contributed by atoms with E-state index in [0.717, 1.165) is 18.2 Å². The number of hydrogen-bond donors (Lipinski definition) is 1. The molecule has 2 aliphatic rings. The molecule has 1 aliphatic heterocycles. The third-order valence-electron chi connectivity index (χ3n) is 5.00. The molecule has 1 aromatic carbocycles. The summed E-state index contributed by atoms with van der Waals surface area (Å²) < 4.78 is 0. The van der Waals surface area contributed by atoms with E-state index in [4.69, 9.17) is 0 Å².